The first-order chi connectivity index (χ1) is 10.2. The molecule has 0 aromatic carbocycles. The van der Waals surface area contributed by atoms with Gasteiger partial charge in [0.1, 0.15) is 0 Å². The zero-order valence-electron chi connectivity index (χ0n) is 14.5. The summed E-state index contributed by atoms with van der Waals surface area (Å²) in [5.74, 6) is 0.766. The van der Waals surface area contributed by atoms with Crippen LogP contribution in [-0.2, 0) is 4.79 Å². The van der Waals surface area contributed by atoms with Gasteiger partial charge in [-0.1, -0.05) is 32.1 Å². The van der Waals surface area contributed by atoms with Gasteiger partial charge in [0.05, 0.1) is 6.04 Å². The Bertz CT molecular complexity index is 317. The summed E-state index contributed by atoms with van der Waals surface area (Å²) >= 11 is 0. The molecule has 1 aliphatic carbocycles. The summed E-state index contributed by atoms with van der Waals surface area (Å²) in [6.45, 7) is 4.74. The smallest absolute Gasteiger partial charge is 0.237 e. The second kappa shape index (κ2) is 12.3. The van der Waals surface area contributed by atoms with Gasteiger partial charge in [-0.05, 0) is 51.6 Å². The number of rotatable bonds is 5. The maximum atomic E-state index is 12.6. The molecule has 1 amide bonds. The zero-order valence-corrected chi connectivity index (χ0v) is 16.1. The molecule has 2 fully saturated rings. The van der Waals surface area contributed by atoms with Gasteiger partial charge in [0.15, 0.2) is 0 Å². The van der Waals surface area contributed by atoms with Crippen LogP contribution >= 0.6 is 24.8 Å². The van der Waals surface area contributed by atoms with Gasteiger partial charge in [-0.25, -0.2) is 0 Å². The lowest BCUT2D eigenvalue weighted by Crippen LogP contribution is -2.52. The van der Waals surface area contributed by atoms with Gasteiger partial charge in [-0.2, -0.15) is 0 Å². The highest BCUT2D eigenvalue weighted by molar-refractivity contribution is 5.85. The van der Waals surface area contributed by atoms with E-state index in [1.807, 2.05) is 0 Å². The van der Waals surface area contributed by atoms with Crippen molar-refractivity contribution >= 4 is 30.7 Å². The largest absolute Gasteiger partial charge is 0.350 e. The van der Waals surface area contributed by atoms with Crippen LogP contribution in [0.25, 0.3) is 0 Å². The number of halogens is 2. The molecule has 1 saturated heterocycles. The van der Waals surface area contributed by atoms with Crippen molar-refractivity contribution in [3.8, 4) is 0 Å². The molecule has 0 radical (unpaired) electrons. The van der Waals surface area contributed by atoms with Crippen LogP contribution in [0.2, 0.25) is 0 Å². The third-order valence-corrected chi connectivity index (χ3v) is 5.37. The Kier molecular flexibility index (Phi) is 12.3. The molecule has 3 N–H and O–H groups in total. The molecule has 2 unspecified atom stereocenters. The molecule has 1 saturated carbocycles. The van der Waals surface area contributed by atoms with Crippen LogP contribution in [0.5, 0.6) is 0 Å². The summed E-state index contributed by atoms with van der Waals surface area (Å²) in [6.07, 6.45) is 11.4. The van der Waals surface area contributed by atoms with E-state index in [-0.39, 0.29) is 42.8 Å². The highest BCUT2D eigenvalue weighted by Crippen LogP contribution is 2.26. The van der Waals surface area contributed by atoms with Crippen LogP contribution < -0.4 is 11.1 Å². The molecule has 23 heavy (non-hydrogen) atoms. The van der Waals surface area contributed by atoms with Crippen molar-refractivity contribution in [2.24, 2.45) is 11.7 Å². The van der Waals surface area contributed by atoms with Gasteiger partial charge in [0.25, 0.3) is 0 Å². The second-order valence-electron chi connectivity index (χ2n) is 6.88. The van der Waals surface area contributed by atoms with Crippen molar-refractivity contribution in [3.63, 3.8) is 0 Å². The van der Waals surface area contributed by atoms with E-state index >= 15 is 0 Å². The predicted octanol–water partition coefficient (Wildman–Crippen LogP) is 3.12. The van der Waals surface area contributed by atoms with Crippen LogP contribution in [-0.4, -0.2) is 42.5 Å². The van der Waals surface area contributed by atoms with Gasteiger partial charge in [0, 0.05) is 12.6 Å². The maximum Gasteiger partial charge on any atom is 0.237 e. The van der Waals surface area contributed by atoms with Crippen molar-refractivity contribution < 1.29 is 4.79 Å². The van der Waals surface area contributed by atoms with Crippen molar-refractivity contribution in [1.29, 1.82) is 0 Å². The standard InChI is InChI=1S/C17H33N3O.2ClH/c1-14(20-11-7-2-3-8-12-20)17(21)19-16(13-18)15-9-5-4-6-10-15;;/h14-16H,2-13,18H2,1H3,(H,19,21);2*1H. The minimum absolute atomic E-state index is 0. The molecular formula is C17H35Cl2N3O. The van der Waals surface area contributed by atoms with Crippen molar-refractivity contribution in [2.75, 3.05) is 19.6 Å². The molecule has 138 valence electrons. The molecule has 2 atom stereocenters. The van der Waals surface area contributed by atoms with Crippen molar-refractivity contribution in [2.45, 2.75) is 76.8 Å². The van der Waals surface area contributed by atoms with Gasteiger partial charge < -0.3 is 11.1 Å². The van der Waals surface area contributed by atoms with Crippen LogP contribution in [0, 0.1) is 5.92 Å². The molecule has 2 aliphatic rings. The van der Waals surface area contributed by atoms with E-state index in [4.69, 9.17) is 5.73 Å². The molecule has 4 nitrogen and oxygen atoms in total. The third-order valence-electron chi connectivity index (χ3n) is 5.37. The van der Waals surface area contributed by atoms with Crippen LogP contribution in [0.1, 0.15) is 64.7 Å². The van der Waals surface area contributed by atoms with E-state index in [2.05, 4.69) is 17.1 Å². The predicted molar refractivity (Wildman–Crippen MR) is 102 cm³/mol. The summed E-state index contributed by atoms with van der Waals surface area (Å²) in [6, 6.07) is 0.160. The molecule has 6 heteroatoms. The molecule has 0 bridgehead atoms. The molecule has 2 rings (SSSR count). The minimum Gasteiger partial charge on any atom is -0.350 e. The fraction of sp³-hybridized carbons (Fsp3) is 0.941. The molecule has 1 aliphatic heterocycles. The number of nitrogens with zero attached hydrogens (tertiary/aromatic N) is 1. The van der Waals surface area contributed by atoms with Gasteiger partial charge >= 0.3 is 0 Å². The number of amides is 1. The number of hydrogen-bond donors (Lipinski definition) is 2. The summed E-state index contributed by atoms with van der Waals surface area (Å²) in [4.78, 5) is 14.9. The Hall–Kier alpha value is -0.0300. The Labute approximate surface area is 154 Å². The number of carbonyl (C=O) groups excluding carboxylic acids is 1. The number of carbonyl (C=O) groups is 1. The van der Waals surface area contributed by atoms with Crippen molar-refractivity contribution in [3.05, 3.63) is 0 Å². The Morgan fingerprint density at radius 3 is 2.09 bits per heavy atom. The monoisotopic (exact) mass is 367 g/mol. The van der Waals surface area contributed by atoms with Crippen LogP contribution in [0.4, 0.5) is 0 Å². The maximum absolute atomic E-state index is 12.6. The molecule has 1 heterocycles. The van der Waals surface area contributed by atoms with Gasteiger partial charge in [-0.3, -0.25) is 9.69 Å². The lowest BCUT2D eigenvalue weighted by molar-refractivity contribution is -0.127. The Morgan fingerprint density at radius 1 is 1.04 bits per heavy atom. The number of hydrogen-bond acceptors (Lipinski definition) is 3. The minimum atomic E-state index is -0.0132. The topological polar surface area (TPSA) is 58.4 Å². The zero-order chi connectivity index (χ0) is 15.1. The third kappa shape index (κ3) is 7.16. The van der Waals surface area contributed by atoms with Gasteiger partial charge in [-0.15, -0.1) is 24.8 Å². The summed E-state index contributed by atoms with van der Waals surface area (Å²) in [5.41, 5.74) is 5.93. The average molecular weight is 368 g/mol. The highest BCUT2D eigenvalue weighted by atomic mass is 35.5. The van der Waals surface area contributed by atoms with E-state index in [1.54, 1.807) is 0 Å². The van der Waals surface area contributed by atoms with E-state index in [0.717, 1.165) is 13.1 Å². The van der Waals surface area contributed by atoms with E-state index < -0.39 is 0 Å². The van der Waals surface area contributed by atoms with Crippen molar-refractivity contribution in [1.82, 2.24) is 10.2 Å². The van der Waals surface area contributed by atoms with E-state index in [0.29, 0.717) is 12.5 Å². The lowest BCUT2D eigenvalue weighted by Gasteiger charge is -2.33. The number of likely N-dealkylation sites (tertiary alicyclic amines) is 1. The normalized spacial score (nSPS) is 22.9. The average Bonchev–Trinajstić information content (AvgIpc) is 2.81. The molecular weight excluding hydrogens is 333 g/mol. The number of nitrogens with two attached hydrogens (primary N) is 1. The van der Waals surface area contributed by atoms with E-state index in [1.165, 1.54) is 57.8 Å². The fourth-order valence-electron chi connectivity index (χ4n) is 3.86. The van der Waals surface area contributed by atoms with E-state index in [9.17, 15) is 4.79 Å². The van der Waals surface area contributed by atoms with Crippen LogP contribution in [0.15, 0.2) is 0 Å². The van der Waals surface area contributed by atoms with Crippen LogP contribution in [0.3, 0.4) is 0 Å². The Morgan fingerprint density at radius 2 is 1.57 bits per heavy atom. The summed E-state index contributed by atoms with van der Waals surface area (Å²) in [7, 11) is 0. The summed E-state index contributed by atoms with van der Waals surface area (Å²) in [5, 5.41) is 3.25. The fourth-order valence-corrected chi connectivity index (χ4v) is 3.86. The summed E-state index contributed by atoms with van der Waals surface area (Å²) < 4.78 is 0. The first-order valence-electron chi connectivity index (χ1n) is 8.97. The first-order valence-corrected chi connectivity index (χ1v) is 8.97. The molecule has 0 aromatic rings. The SMILES string of the molecule is CC(C(=O)NC(CN)C1CCCCC1)N1CCCCCC1.Cl.Cl. The molecule has 0 spiro atoms. The quantitative estimate of drug-likeness (QED) is 0.784. The van der Waals surface area contributed by atoms with Gasteiger partial charge in [0.2, 0.25) is 5.91 Å². The highest BCUT2D eigenvalue weighted by Gasteiger charge is 2.28. The second-order valence-corrected chi connectivity index (χ2v) is 6.88. The lowest BCUT2D eigenvalue weighted by atomic mass is 9.84. The Balaban J connectivity index is 0.00000242. The first kappa shape index (κ1) is 23.0. The molecule has 0 aromatic heterocycles. The number of nitrogens with one attached hydrogen (secondary N) is 1.